The number of hydrogen-bond donors (Lipinski definition) is 0. The van der Waals surface area contributed by atoms with Crippen LogP contribution < -0.4 is 4.90 Å². The Morgan fingerprint density at radius 3 is 2.39 bits per heavy atom. The molecular weight excluding hydrogens is 352 g/mol. The summed E-state index contributed by atoms with van der Waals surface area (Å²) in [6, 6.07) is 15.6. The fourth-order valence-electron chi connectivity index (χ4n) is 4.03. The van der Waals surface area contributed by atoms with Crippen molar-refractivity contribution in [1.29, 1.82) is 0 Å². The minimum absolute atomic E-state index is 0.00883. The van der Waals surface area contributed by atoms with E-state index in [1.165, 1.54) is 5.56 Å². The Morgan fingerprint density at radius 2 is 1.71 bits per heavy atom. The molecule has 0 radical (unpaired) electrons. The molecule has 2 saturated heterocycles. The number of aryl methyl sites for hydroxylation is 2. The molecule has 0 saturated carbocycles. The van der Waals surface area contributed by atoms with Gasteiger partial charge < -0.3 is 14.5 Å². The Kier molecular flexibility index (Phi) is 4.94. The fraction of sp³-hybridized carbons (Fsp3) is 0.391. The Labute approximate surface area is 165 Å². The van der Waals surface area contributed by atoms with Gasteiger partial charge in [-0.2, -0.15) is 0 Å². The normalized spacial score (nSPS) is 19.1. The second kappa shape index (κ2) is 7.40. The van der Waals surface area contributed by atoms with Gasteiger partial charge in [0, 0.05) is 24.3 Å². The van der Waals surface area contributed by atoms with E-state index in [0.29, 0.717) is 19.6 Å². The number of para-hydroxylation sites is 1. The van der Waals surface area contributed by atoms with Crippen molar-refractivity contribution in [1.82, 2.24) is 4.90 Å². The first-order valence-corrected chi connectivity index (χ1v) is 9.83. The predicted molar refractivity (Wildman–Crippen MR) is 109 cm³/mol. The van der Waals surface area contributed by atoms with E-state index in [4.69, 9.17) is 4.74 Å². The van der Waals surface area contributed by atoms with E-state index in [2.05, 4.69) is 6.92 Å². The highest BCUT2D eigenvalue weighted by Crippen LogP contribution is 2.33. The third-order valence-corrected chi connectivity index (χ3v) is 6.03. The molecule has 5 nitrogen and oxygen atoms in total. The monoisotopic (exact) mass is 378 g/mol. The van der Waals surface area contributed by atoms with Crippen LogP contribution in [-0.4, -0.2) is 48.6 Å². The largest absolute Gasteiger partial charge is 0.363 e. The topological polar surface area (TPSA) is 49.9 Å². The lowest BCUT2D eigenvalue weighted by molar-refractivity contribution is -0.143. The van der Waals surface area contributed by atoms with E-state index < -0.39 is 0 Å². The first kappa shape index (κ1) is 18.7. The van der Waals surface area contributed by atoms with E-state index in [9.17, 15) is 9.59 Å². The molecule has 2 aromatic carbocycles. The Balaban J connectivity index is 1.45. The van der Waals surface area contributed by atoms with Gasteiger partial charge in [-0.3, -0.25) is 9.59 Å². The molecule has 2 amide bonds. The van der Waals surface area contributed by atoms with Crippen LogP contribution in [0, 0.1) is 13.8 Å². The lowest BCUT2D eigenvalue weighted by Crippen LogP contribution is -2.59. The van der Waals surface area contributed by atoms with E-state index >= 15 is 0 Å². The maximum atomic E-state index is 12.9. The molecule has 2 aromatic rings. The van der Waals surface area contributed by atoms with Gasteiger partial charge in [0.05, 0.1) is 12.1 Å². The van der Waals surface area contributed by atoms with Crippen molar-refractivity contribution in [3.8, 4) is 0 Å². The van der Waals surface area contributed by atoms with E-state index in [-0.39, 0.29) is 24.0 Å². The van der Waals surface area contributed by atoms with E-state index in [1.54, 1.807) is 0 Å². The number of carbonyl (C=O) groups excluding carboxylic acids is 2. The van der Waals surface area contributed by atoms with Crippen LogP contribution in [0.5, 0.6) is 0 Å². The molecule has 2 fully saturated rings. The molecule has 2 aliphatic heterocycles. The van der Waals surface area contributed by atoms with Crippen LogP contribution in [0.15, 0.2) is 48.5 Å². The number of rotatable bonds is 2. The number of amides is 2. The number of likely N-dealkylation sites (tertiary alicyclic amines) is 1. The standard InChI is InChI=1S/C23H26N2O3/c1-17-8-9-19(14-18(17)2)22(27)24-12-10-23(11-13-24)16-25(21(26)15-28-23)20-6-4-3-5-7-20/h3-9,14H,10-13,15-16H2,1-2H3. The van der Waals surface area contributed by atoms with Crippen LogP contribution in [-0.2, 0) is 9.53 Å². The van der Waals surface area contributed by atoms with Gasteiger partial charge in [0.1, 0.15) is 6.61 Å². The van der Waals surface area contributed by atoms with Crippen LogP contribution in [0.4, 0.5) is 5.69 Å². The van der Waals surface area contributed by atoms with Gasteiger partial charge in [-0.15, -0.1) is 0 Å². The molecule has 1 spiro atoms. The number of anilines is 1. The van der Waals surface area contributed by atoms with Crippen molar-refractivity contribution in [3.05, 3.63) is 65.2 Å². The summed E-state index contributed by atoms with van der Waals surface area (Å²) in [7, 11) is 0. The van der Waals surface area contributed by atoms with Crippen molar-refractivity contribution in [3.63, 3.8) is 0 Å². The van der Waals surface area contributed by atoms with Crippen molar-refractivity contribution < 1.29 is 14.3 Å². The van der Waals surface area contributed by atoms with Crippen LogP contribution in [0.25, 0.3) is 0 Å². The number of ether oxygens (including phenoxy) is 1. The van der Waals surface area contributed by atoms with Gasteiger partial charge >= 0.3 is 0 Å². The summed E-state index contributed by atoms with van der Waals surface area (Å²) in [5, 5.41) is 0. The molecule has 2 heterocycles. The Morgan fingerprint density at radius 1 is 1.00 bits per heavy atom. The minimum atomic E-state index is -0.371. The highest BCUT2D eigenvalue weighted by molar-refractivity contribution is 5.95. The van der Waals surface area contributed by atoms with Crippen LogP contribution in [0.1, 0.15) is 34.3 Å². The highest BCUT2D eigenvalue weighted by atomic mass is 16.5. The molecule has 146 valence electrons. The molecule has 5 heteroatoms. The predicted octanol–water partition coefficient (Wildman–Crippen LogP) is 3.34. The molecule has 0 atom stereocenters. The summed E-state index contributed by atoms with van der Waals surface area (Å²) in [5.74, 6) is 0.0650. The molecule has 0 N–H and O–H groups in total. The van der Waals surface area contributed by atoms with Crippen molar-refractivity contribution in [2.75, 3.05) is 31.1 Å². The van der Waals surface area contributed by atoms with Crippen LogP contribution in [0.2, 0.25) is 0 Å². The van der Waals surface area contributed by atoms with Crippen LogP contribution >= 0.6 is 0 Å². The second-order valence-corrected chi connectivity index (χ2v) is 7.88. The summed E-state index contributed by atoms with van der Waals surface area (Å²) in [4.78, 5) is 29.0. The Hall–Kier alpha value is -2.66. The summed E-state index contributed by atoms with van der Waals surface area (Å²) >= 11 is 0. The molecule has 2 aliphatic rings. The smallest absolute Gasteiger partial charge is 0.253 e. The second-order valence-electron chi connectivity index (χ2n) is 7.88. The molecule has 0 unspecified atom stereocenters. The van der Waals surface area contributed by atoms with Gasteiger partial charge in [-0.1, -0.05) is 24.3 Å². The van der Waals surface area contributed by atoms with Crippen molar-refractivity contribution in [2.45, 2.75) is 32.3 Å². The fourth-order valence-corrected chi connectivity index (χ4v) is 4.03. The van der Waals surface area contributed by atoms with Gasteiger partial charge in [0.25, 0.3) is 11.8 Å². The number of carbonyl (C=O) groups is 2. The SMILES string of the molecule is Cc1ccc(C(=O)N2CCC3(CC2)CN(c2ccccc2)C(=O)CO3)cc1C. The lowest BCUT2D eigenvalue weighted by Gasteiger charge is -2.47. The van der Waals surface area contributed by atoms with E-state index in [0.717, 1.165) is 29.7 Å². The number of benzene rings is 2. The summed E-state index contributed by atoms with van der Waals surface area (Å²) in [6.07, 6.45) is 1.47. The zero-order valence-electron chi connectivity index (χ0n) is 16.5. The molecular formula is C23H26N2O3. The van der Waals surface area contributed by atoms with Gasteiger partial charge in [-0.05, 0) is 62.1 Å². The Bertz CT molecular complexity index is 886. The van der Waals surface area contributed by atoms with Gasteiger partial charge in [-0.25, -0.2) is 0 Å². The minimum Gasteiger partial charge on any atom is -0.363 e. The first-order valence-electron chi connectivity index (χ1n) is 9.83. The summed E-state index contributed by atoms with van der Waals surface area (Å²) < 4.78 is 6.01. The quantitative estimate of drug-likeness (QED) is 0.805. The number of nitrogens with zero attached hydrogens (tertiary/aromatic N) is 2. The van der Waals surface area contributed by atoms with E-state index in [1.807, 2.05) is 65.3 Å². The third-order valence-electron chi connectivity index (χ3n) is 6.03. The highest BCUT2D eigenvalue weighted by Gasteiger charge is 2.43. The maximum Gasteiger partial charge on any atom is 0.253 e. The average molecular weight is 378 g/mol. The molecule has 4 rings (SSSR count). The van der Waals surface area contributed by atoms with Crippen LogP contribution in [0.3, 0.4) is 0 Å². The van der Waals surface area contributed by atoms with Gasteiger partial charge in [0.2, 0.25) is 0 Å². The molecule has 0 bridgehead atoms. The zero-order chi connectivity index (χ0) is 19.7. The van der Waals surface area contributed by atoms with Gasteiger partial charge in [0.15, 0.2) is 0 Å². The molecule has 0 aliphatic carbocycles. The summed E-state index contributed by atoms with van der Waals surface area (Å²) in [6.45, 7) is 6.00. The number of piperidine rings is 1. The molecule has 0 aromatic heterocycles. The lowest BCUT2D eigenvalue weighted by atomic mass is 9.88. The number of morpholine rings is 1. The molecule has 28 heavy (non-hydrogen) atoms. The zero-order valence-corrected chi connectivity index (χ0v) is 16.5. The average Bonchev–Trinajstić information content (AvgIpc) is 2.73. The summed E-state index contributed by atoms with van der Waals surface area (Å²) in [5.41, 5.74) is 3.60. The van der Waals surface area contributed by atoms with Crippen molar-refractivity contribution >= 4 is 17.5 Å². The third kappa shape index (κ3) is 3.54. The van der Waals surface area contributed by atoms with Crippen molar-refractivity contribution in [2.24, 2.45) is 0 Å². The number of hydrogen-bond acceptors (Lipinski definition) is 3. The maximum absolute atomic E-state index is 12.9. The first-order chi connectivity index (χ1) is 13.5.